The molecule has 0 heterocycles. The van der Waals surface area contributed by atoms with Gasteiger partial charge in [-0.25, -0.2) is 0 Å². The third kappa shape index (κ3) is 4.23. The van der Waals surface area contributed by atoms with Crippen molar-refractivity contribution in [2.75, 3.05) is 6.54 Å². The average molecular weight is 341 g/mol. The highest BCUT2D eigenvalue weighted by Crippen LogP contribution is 2.28. The lowest BCUT2D eigenvalue weighted by Gasteiger charge is -2.12. The number of benzene rings is 2. The first-order valence-electron chi connectivity index (χ1n) is 6.11. The molecule has 0 aliphatic heterocycles. The van der Waals surface area contributed by atoms with Gasteiger partial charge in [-0.1, -0.05) is 34.5 Å². The summed E-state index contributed by atoms with van der Waals surface area (Å²) in [4.78, 5) is 0. The van der Waals surface area contributed by atoms with Gasteiger partial charge in [0.2, 0.25) is 0 Å². The molecule has 2 nitrogen and oxygen atoms in total. The minimum absolute atomic E-state index is 0.719. The van der Waals surface area contributed by atoms with E-state index in [1.54, 1.807) is 0 Å². The maximum Gasteiger partial charge on any atom is 0.132 e. The monoisotopic (exact) mass is 339 g/mol. The molecular formula is C15H15BrClNO. The third-order valence-electron chi connectivity index (χ3n) is 2.63. The first kappa shape index (κ1) is 14.4. The molecule has 100 valence electrons. The van der Waals surface area contributed by atoms with E-state index in [0.717, 1.165) is 39.6 Å². The Morgan fingerprint density at radius 3 is 2.58 bits per heavy atom. The number of nitrogens with one attached hydrogen (secondary N) is 1. The Balaban J connectivity index is 2.20. The molecule has 0 saturated carbocycles. The van der Waals surface area contributed by atoms with Crippen LogP contribution in [0.5, 0.6) is 11.5 Å². The van der Waals surface area contributed by atoms with Gasteiger partial charge in [-0.15, -0.1) is 0 Å². The Morgan fingerprint density at radius 2 is 1.89 bits per heavy atom. The second-order valence-corrected chi connectivity index (χ2v) is 5.44. The van der Waals surface area contributed by atoms with Crippen LogP contribution in [0, 0.1) is 0 Å². The topological polar surface area (TPSA) is 21.3 Å². The summed E-state index contributed by atoms with van der Waals surface area (Å²) in [6, 6.07) is 13.4. The summed E-state index contributed by atoms with van der Waals surface area (Å²) in [6.45, 7) is 3.72. The first-order valence-corrected chi connectivity index (χ1v) is 7.28. The Hall–Kier alpha value is -1.03. The molecule has 19 heavy (non-hydrogen) atoms. The van der Waals surface area contributed by atoms with Gasteiger partial charge in [-0.05, 0) is 49.0 Å². The van der Waals surface area contributed by atoms with Crippen LogP contribution in [-0.4, -0.2) is 6.54 Å². The molecule has 0 saturated heterocycles. The number of hydrogen-bond donors (Lipinski definition) is 1. The van der Waals surface area contributed by atoms with Crippen LogP contribution in [0.2, 0.25) is 5.02 Å². The molecule has 0 atom stereocenters. The van der Waals surface area contributed by atoms with Crippen LogP contribution in [-0.2, 0) is 6.54 Å². The van der Waals surface area contributed by atoms with E-state index in [9.17, 15) is 0 Å². The average Bonchev–Trinajstić information content (AvgIpc) is 2.41. The van der Waals surface area contributed by atoms with E-state index >= 15 is 0 Å². The molecule has 2 aromatic carbocycles. The van der Waals surface area contributed by atoms with Crippen LogP contribution in [0.4, 0.5) is 0 Å². The molecular weight excluding hydrogens is 326 g/mol. The fourth-order valence-electron chi connectivity index (χ4n) is 1.68. The predicted molar refractivity (Wildman–Crippen MR) is 83.0 cm³/mol. The Morgan fingerprint density at radius 1 is 1.16 bits per heavy atom. The van der Waals surface area contributed by atoms with E-state index in [0.29, 0.717) is 0 Å². The van der Waals surface area contributed by atoms with E-state index in [1.165, 1.54) is 0 Å². The van der Waals surface area contributed by atoms with Crippen molar-refractivity contribution in [3.05, 3.63) is 57.5 Å². The zero-order valence-electron chi connectivity index (χ0n) is 10.6. The van der Waals surface area contributed by atoms with Crippen LogP contribution >= 0.6 is 27.5 Å². The SMILES string of the molecule is CCNCc1cc(Cl)ccc1Oc1ccc(Br)cc1. The molecule has 0 aliphatic rings. The normalized spacial score (nSPS) is 10.5. The molecule has 0 aliphatic carbocycles. The molecule has 0 bridgehead atoms. The zero-order chi connectivity index (χ0) is 13.7. The van der Waals surface area contributed by atoms with Crippen LogP contribution < -0.4 is 10.1 Å². The molecule has 0 amide bonds. The lowest BCUT2D eigenvalue weighted by molar-refractivity contribution is 0.473. The van der Waals surface area contributed by atoms with E-state index < -0.39 is 0 Å². The molecule has 0 fully saturated rings. The quantitative estimate of drug-likeness (QED) is 0.826. The van der Waals surface area contributed by atoms with Gasteiger partial charge >= 0.3 is 0 Å². The van der Waals surface area contributed by atoms with Crippen LogP contribution in [0.1, 0.15) is 12.5 Å². The molecule has 2 aromatic rings. The predicted octanol–water partition coefficient (Wildman–Crippen LogP) is 5.00. The Kier molecular flexibility index (Phi) is 5.25. The lowest BCUT2D eigenvalue weighted by atomic mass is 10.2. The second-order valence-electron chi connectivity index (χ2n) is 4.09. The number of hydrogen-bond acceptors (Lipinski definition) is 2. The molecule has 0 unspecified atom stereocenters. The van der Waals surface area contributed by atoms with Gasteiger partial charge in [-0.2, -0.15) is 0 Å². The fraction of sp³-hybridized carbons (Fsp3) is 0.200. The van der Waals surface area contributed by atoms with Gasteiger partial charge in [0, 0.05) is 21.6 Å². The van der Waals surface area contributed by atoms with E-state index in [4.69, 9.17) is 16.3 Å². The van der Waals surface area contributed by atoms with Crippen molar-refractivity contribution in [1.82, 2.24) is 5.32 Å². The summed E-state index contributed by atoms with van der Waals surface area (Å²) in [5, 5.41) is 4.00. The number of rotatable bonds is 5. The van der Waals surface area contributed by atoms with Crippen molar-refractivity contribution >= 4 is 27.5 Å². The number of halogens is 2. The summed E-state index contributed by atoms with van der Waals surface area (Å²) >= 11 is 9.44. The summed E-state index contributed by atoms with van der Waals surface area (Å²) < 4.78 is 6.93. The van der Waals surface area contributed by atoms with Crippen LogP contribution in [0.25, 0.3) is 0 Å². The molecule has 0 spiro atoms. The summed E-state index contributed by atoms with van der Waals surface area (Å²) in [7, 11) is 0. The van der Waals surface area contributed by atoms with Gasteiger partial charge in [0.1, 0.15) is 11.5 Å². The van der Waals surface area contributed by atoms with Crippen molar-refractivity contribution < 1.29 is 4.74 Å². The standard InChI is InChI=1S/C15H15BrClNO/c1-2-18-10-11-9-13(17)5-8-15(11)19-14-6-3-12(16)4-7-14/h3-9,18H,2,10H2,1H3. The van der Waals surface area contributed by atoms with Crippen molar-refractivity contribution in [3.8, 4) is 11.5 Å². The van der Waals surface area contributed by atoms with Gasteiger partial charge < -0.3 is 10.1 Å². The minimum Gasteiger partial charge on any atom is -0.457 e. The maximum absolute atomic E-state index is 6.03. The molecule has 0 radical (unpaired) electrons. The van der Waals surface area contributed by atoms with Gasteiger partial charge in [0.25, 0.3) is 0 Å². The largest absolute Gasteiger partial charge is 0.457 e. The minimum atomic E-state index is 0.719. The molecule has 2 rings (SSSR count). The molecule has 0 aromatic heterocycles. The van der Waals surface area contributed by atoms with Crippen LogP contribution in [0.3, 0.4) is 0 Å². The third-order valence-corrected chi connectivity index (χ3v) is 3.39. The van der Waals surface area contributed by atoms with Crippen molar-refractivity contribution in [1.29, 1.82) is 0 Å². The summed E-state index contributed by atoms with van der Waals surface area (Å²) in [6.07, 6.45) is 0. The van der Waals surface area contributed by atoms with Crippen LogP contribution in [0.15, 0.2) is 46.9 Å². The zero-order valence-corrected chi connectivity index (χ0v) is 13.0. The van der Waals surface area contributed by atoms with Gasteiger partial charge in [0.15, 0.2) is 0 Å². The summed E-state index contributed by atoms with van der Waals surface area (Å²) in [5.41, 5.74) is 1.05. The first-order chi connectivity index (χ1) is 9.19. The highest BCUT2D eigenvalue weighted by molar-refractivity contribution is 9.10. The second kappa shape index (κ2) is 6.94. The van der Waals surface area contributed by atoms with Crippen molar-refractivity contribution in [3.63, 3.8) is 0 Å². The van der Waals surface area contributed by atoms with Gasteiger partial charge in [0.05, 0.1) is 0 Å². The molecule has 4 heteroatoms. The Bertz CT molecular complexity index is 542. The Labute approximate surface area is 126 Å². The van der Waals surface area contributed by atoms with E-state index in [-0.39, 0.29) is 0 Å². The maximum atomic E-state index is 6.03. The van der Waals surface area contributed by atoms with Crippen molar-refractivity contribution in [2.45, 2.75) is 13.5 Å². The molecule has 1 N–H and O–H groups in total. The lowest BCUT2D eigenvalue weighted by Crippen LogP contribution is -2.12. The smallest absolute Gasteiger partial charge is 0.132 e. The summed E-state index contributed by atoms with van der Waals surface area (Å²) in [5.74, 6) is 1.64. The van der Waals surface area contributed by atoms with E-state index in [2.05, 4.69) is 28.2 Å². The highest BCUT2D eigenvalue weighted by Gasteiger charge is 2.06. The van der Waals surface area contributed by atoms with E-state index in [1.807, 2.05) is 42.5 Å². The highest BCUT2D eigenvalue weighted by atomic mass is 79.9. The van der Waals surface area contributed by atoms with Crippen molar-refractivity contribution in [2.24, 2.45) is 0 Å². The fourth-order valence-corrected chi connectivity index (χ4v) is 2.13. The number of ether oxygens (including phenoxy) is 1. The van der Waals surface area contributed by atoms with Gasteiger partial charge in [-0.3, -0.25) is 0 Å².